The number of nitrogens with zero attached hydrogens (tertiary/aromatic N) is 1. The van der Waals surface area contributed by atoms with E-state index >= 15 is 0 Å². The molecule has 1 saturated heterocycles. The van der Waals surface area contributed by atoms with Crippen LogP contribution in [0.1, 0.15) is 38.3 Å². The SMILES string of the molecule is C=C(C)CN[C@H](C)c1cc(F)ccc1N1CCC(O)CC1. The van der Waals surface area contributed by atoms with E-state index in [1.54, 1.807) is 6.07 Å². The number of rotatable bonds is 5. The molecule has 0 aromatic heterocycles. The van der Waals surface area contributed by atoms with Crippen LogP contribution in [0.25, 0.3) is 0 Å². The van der Waals surface area contributed by atoms with Crippen molar-refractivity contribution >= 4 is 5.69 Å². The summed E-state index contributed by atoms with van der Waals surface area (Å²) in [5.41, 5.74) is 3.08. The molecule has 21 heavy (non-hydrogen) atoms. The maximum Gasteiger partial charge on any atom is 0.123 e. The molecule has 1 fully saturated rings. The second-order valence-electron chi connectivity index (χ2n) is 5.98. The molecule has 116 valence electrons. The van der Waals surface area contributed by atoms with Gasteiger partial charge in [0.1, 0.15) is 5.82 Å². The first kappa shape index (κ1) is 16.0. The number of hydrogen-bond acceptors (Lipinski definition) is 3. The summed E-state index contributed by atoms with van der Waals surface area (Å²) in [5, 5.41) is 13.0. The lowest BCUT2D eigenvalue weighted by atomic mass is 10.0. The highest BCUT2D eigenvalue weighted by atomic mass is 19.1. The summed E-state index contributed by atoms with van der Waals surface area (Å²) in [5.74, 6) is -0.213. The van der Waals surface area contributed by atoms with E-state index < -0.39 is 0 Å². The first-order valence-electron chi connectivity index (χ1n) is 7.57. The Morgan fingerprint density at radius 2 is 2.14 bits per heavy atom. The Bertz CT molecular complexity index is 496. The summed E-state index contributed by atoms with van der Waals surface area (Å²) in [7, 11) is 0. The molecule has 0 spiro atoms. The van der Waals surface area contributed by atoms with Gasteiger partial charge in [-0.15, -0.1) is 0 Å². The van der Waals surface area contributed by atoms with Crippen molar-refractivity contribution in [1.82, 2.24) is 5.32 Å². The van der Waals surface area contributed by atoms with E-state index in [0.29, 0.717) is 0 Å². The van der Waals surface area contributed by atoms with Crippen molar-refractivity contribution in [2.24, 2.45) is 0 Å². The molecular weight excluding hydrogens is 267 g/mol. The average molecular weight is 292 g/mol. The van der Waals surface area contributed by atoms with E-state index in [9.17, 15) is 9.50 Å². The normalized spacial score (nSPS) is 17.8. The zero-order valence-corrected chi connectivity index (χ0v) is 12.9. The molecule has 1 aromatic rings. The fraction of sp³-hybridized carbons (Fsp3) is 0.529. The predicted octanol–water partition coefficient (Wildman–Crippen LogP) is 3.01. The number of piperidine rings is 1. The van der Waals surface area contributed by atoms with Gasteiger partial charge in [-0.25, -0.2) is 4.39 Å². The molecule has 1 atom stereocenters. The lowest BCUT2D eigenvalue weighted by molar-refractivity contribution is 0.145. The highest BCUT2D eigenvalue weighted by Gasteiger charge is 2.21. The smallest absolute Gasteiger partial charge is 0.123 e. The van der Waals surface area contributed by atoms with Gasteiger partial charge in [0.25, 0.3) is 0 Å². The van der Waals surface area contributed by atoms with Gasteiger partial charge in [-0.1, -0.05) is 12.2 Å². The summed E-state index contributed by atoms with van der Waals surface area (Å²) >= 11 is 0. The average Bonchev–Trinajstić information content (AvgIpc) is 2.45. The second kappa shape index (κ2) is 7.05. The summed E-state index contributed by atoms with van der Waals surface area (Å²) < 4.78 is 13.6. The number of halogens is 1. The molecule has 2 rings (SSSR count). The Morgan fingerprint density at radius 1 is 1.48 bits per heavy atom. The van der Waals surface area contributed by atoms with Gasteiger partial charge in [-0.2, -0.15) is 0 Å². The van der Waals surface area contributed by atoms with Gasteiger partial charge in [-0.3, -0.25) is 0 Å². The number of nitrogens with one attached hydrogen (secondary N) is 1. The second-order valence-corrected chi connectivity index (χ2v) is 5.98. The first-order valence-corrected chi connectivity index (χ1v) is 7.57. The lowest BCUT2D eigenvalue weighted by Gasteiger charge is -2.34. The van der Waals surface area contributed by atoms with Crippen molar-refractivity contribution in [1.29, 1.82) is 0 Å². The van der Waals surface area contributed by atoms with Crippen molar-refractivity contribution in [3.05, 3.63) is 41.7 Å². The van der Waals surface area contributed by atoms with Crippen LogP contribution in [0.3, 0.4) is 0 Å². The molecule has 1 aliphatic rings. The molecule has 4 heteroatoms. The highest BCUT2D eigenvalue weighted by molar-refractivity contribution is 5.55. The summed E-state index contributed by atoms with van der Waals surface area (Å²) in [6.07, 6.45) is 1.33. The van der Waals surface area contributed by atoms with Crippen molar-refractivity contribution in [2.75, 3.05) is 24.5 Å². The van der Waals surface area contributed by atoms with Crippen LogP contribution in [0.15, 0.2) is 30.4 Å². The monoisotopic (exact) mass is 292 g/mol. The molecule has 0 aliphatic carbocycles. The fourth-order valence-electron chi connectivity index (χ4n) is 2.70. The molecule has 1 aromatic carbocycles. The molecule has 0 unspecified atom stereocenters. The van der Waals surface area contributed by atoms with Crippen LogP contribution in [0.5, 0.6) is 0 Å². The zero-order valence-electron chi connectivity index (χ0n) is 12.9. The predicted molar refractivity (Wildman–Crippen MR) is 85.1 cm³/mol. The Balaban J connectivity index is 2.18. The standard InChI is InChI=1S/C17H25FN2O/c1-12(2)11-19-13(3)16-10-14(18)4-5-17(16)20-8-6-15(21)7-9-20/h4-5,10,13,15,19,21H,1,6-9,11H2,2-3H3/t13-/m1/s1. The van der Waals surface area contributed by atoms with Gasteiger partial charge in [0, 0.05) is 31.4 Å². The number of aliphatic hydroxyl groups excluding tert-OH is 1. The van der Waals surface area contributed by atoms with E-state index in [2.05, 4.69) is 16.8 Å². The summed E-state index contributed by atoms with van der Waals surface area (Å²) in [4.78, 5) is 2.24. The van der Waals surface area contributed by atoms with Gasteiger partial charge >= 0.3 is 0 Å². The van der Waals surface area contributed by atoms with Crippen LogP contribution in [0.2, 0.25) is 0 Å². The molecule has 1 heterocycles. The van der Waals surface area contributed by atoms with Gasteiger partial charge in [-0.05, 0) is 50.5 Å². The van der Waals surface area contributed by atoms with Crippen molar-refractivity contribution in [3.8, 4) is 0 Å². The third kappa shape index (κ3) is 4.29. The highest BCUT2D eigenvalue weighted by Crippen LogP contribution is 2.29. The molecule has 1 aliphatic heterocycles. The molecule has 3 nitrogen and oxygen atoms in total. The molecule has 0 radical (unpaired) electrons. The summed E-state index contributed by atoms with van der Waals surface area (Å²) in [6.45, 7) is 10.2. The largest absolute Gasteiger partial charge is 0.393 e. The Labute approximate surface area is 126 Å². The topological polar surface area (TPSA) is 35.5 Å². The van der Waals surface area contributed by atoms with Crippen LogP contribution in [-0.2, 0) is 0 Å². The van der Waals surface area contributed by atoms with Crippen molar-refractivity contribution in [3.63, 3.8) is 0 Å². The van der Waals surface area contributed by atoms with E-state index in [1.165, 1.54) is 6.07 Å². The maximum atomic E-state index is 13.6. The van der Waals surface area contributed by atoms with Crippen molar-refractivity contribution < 1.29 is 9.50 Å². The molecule has 0 bridgehead atoms. The maximum absolute atomic E-state index is 13.6. The van der Waals surface area contributed by atoms with Gasteiger partial charge in [0.15, 0.2) is 0 Å². The number of benzene rings is 1. The van der Waals surface area contributed by atoms with Crippen molar-refractivity contribution in [2.45, 2.75) is 38.8 Å². The van der Waals surface area contributed by atoms with Crippen LogP contribution in [0, 0.1) is 5.82 Å². The van der Waals surface area contributed by atoms with Crippen LogP contribution < -0.4 is 10.2 Å². The molecule has 0 saturated carbocycles. The Kier molecular flexibility index (Phi) is 5.37. The van der Waals surface area contributed by atoms with E-state index in [0.717, 1.165) is 49.3 Å². The zero-order chi connectivity index (χ0) is 15.4. The third-order valence-corrected chi connectivity index (χ3v) is 3.97. The summed E-state index contributed by atoms with van der Waals surface area (Å²) in [6, 6.07) is 5.02. The molecule has 0 amide bonds. The molecular formula is C17H25FN2O. The first-order chi connectivity index (χ1) is 9.97. The minimum atomic E-state index is -0.213. The molecule has 2 N–H and O–H groups in total. The van der Waals surface area contributed by atoms with Gasteiger partial charge in [0.2, 0.25) is 0 Å². The number of hydrogen-bond donors (Lipinski definition) is 2. The van der Waals surface area contributed by atoms with Crippen LogP contribution >= 0.6 is 0 Å². The number of anilines is 1. The van der Waals surface area contributed by atoms with Crippen LogP contribution in [-0.4, -0.2) is 30.8 Å². The number of aliphatic hydroxyl groups is 1. The Hall–Kier alpha value is -1.39. The van der Waals surface area contributed by atoms with Crippen LogP contribution in [0.4, 0.5) is 10.1 Å². The minimum absolute atomic E-state index is 0.0549. The lowest BCUT2D eigenvalue weighted by Crippen LogP contribution is -2.37. The van der Waals surface area contributed by atoms with E-state index in [1.807, 2.05) is 19.9 Å². The Morgan fingerprint density at radius 3 is 2.76 bits per heavy atom. The van der Waals surface area contributed by atoms with Gasteiger partial charge < -0.3 is 15.3 Å². The fourth-order valence-corrected chi connectivity index (χ4v) is 2.70. The third-order valence-electron chi connectivity index (χ3n) is 3.97. The van der Waals surface area contributed by atoms with Gasteiger partial charge in [0.05, 0.1) is 6.10 Å². The minimum Gasteiger partial charge on any atom is -0.393 e. The van der Waals surface area contributed by atoms with E-state index in [4.69, 9.17) is 0 Å². The quantitative estimate of drug-likeness (QED) is 0.819. The van der Waals surface area contributed by atoms with E-state index in [-0.39, 0.29) is 18.0 Å².